The summed E-state index contributed by atoms with van der Waals surface area (Å²) < 4.78 is 27.5. The average Bonchev–Trinajstić information content (AvgIpc) is 3.01. The second kappa shape index (κ2) is 6.95. The van der Waals surface area contributed by atoms with Gasteiger partial charge in [-0.2, -0.15) is 0 Å². The summed E-state index contributed by atoms with van der Waals surface area (Å²) in [5.41, 5.74) is -0.246. The number of fused-ring (bicyclic) bond motifs is 1. The molecule has 0 N–H and O–H groups in total. The Morgan fingerprint density at radius 3 is 2.38 bits per heavy atom. The lowest BCUT2D eigenvalue weighted by atomic mass is 10.1. The van der Waals surface area contributed by atoms with E-state index in [1.165, 1.54) is 54.7 Å². The maximum atomic E-state index is 13.3. The number of sulfonamides is 1. The van der Waals surface area contributed by atoms with Gasteiger partial charge in [0.1, 0.15) is 5.70 Å². The van der Waals surface area contributed by atoms with Crippen LogP contribution in [0.5, 0.6) is 0 Å². The zero-order chi connectivity index (χ0) is 20.6. The molecule has 3 aromatic rings. The highest BCUT2D eigenvalue weighted by molar-refractivity contribution is 7.93. The molecule has 1 aromatic heterocycles. The second-order valence-electron chi connectivity index (χ2n) is 6.13. The molecule has 29 heavy (non-hydrogen) atoms. The number of ketones is 1. The van der Waals surface area contributed by atoms with E-state index in [1.54, 1.807) is 24.3 Å². The van der Waals surface area contributed by atoms with Crippen molar-refractivity contribution in [3.05, 3.63) is 99.9 Å². The van der Waals surface area contributed by atoms with Crippen molar-refractivity contribution in [1.29, 1.82) is 0 Å². The lowest BCUT2D eigenvalue weighted by Gasteiger charge is -2.19. The maximum absolute atomic E-state index is 13.3. The lowest BCUT2D eigenvalue weighted by molar-refractivity contribution is -0.385. The summed E-state index contributed by atoms with van der Waals surface area (Å²) in [5.74, 6) is -0.614. The summed E-state index contributed by atoms with van der Waals surface area (Å²) in [6.07, 6.45) is 2.59. The fourth-order valence-electron chi connectivity index (χ4n) is 3.07. The molecule has 0 atom stereocenters. The molecule has 2 heterocycles. The molecular formula is C20H13N3O5S. The zero-order valence-corrected chi connectivity index (χ0v) is 15.6. The van der Waals surface area contributed by atoms with Gasteiger partial charge in [0.2, 0.25) is 5.78 Å². The number of nitrogens with zero attached hydrogens (tertiary/aromatic N) is 3. The number of carbonyl (C=O) groups excluding carboxylic acids is 1. The van der Waals surface area contributed by atoms with Crippen LogP contribution < -0.4 is 4.31 Å². The molecular weight excluding hydrogens is 394 g/mol. The zero-order valence-electron chi connectivity index (χ0n) is 14.8. The van der Waals surface area contributed by atoms with Crippen LogP contribution in [0.4, 0.5) is 11.5 Å². The fourth-order valence-corrected chi connectivity index (χ4v) is 4.55. The van der Waals surface area contributed by atoms with Gasteiger partial charge in [-0.3, -0.25) is 14.9 Å². The molecule has 0 fully saturated rings. The fraction of sp³-hybridized carbons (Fsp3) is 0. The number of hydrogen-bond donors (Lipinski definition) is 0. The third kappa shape index (κ3) is 3.07. The van der Waals surface area contributed by atoms with E-state index in [0.717, 1.165) is 4.31 Å². The maximum Gasteiger partial charge on any atom is 0.276 e. The summed E-state index contributed by atoms with van der Waals surface area (Å²) in [7, 11) is -4.18. The first-order chi connectivity index (χ1) is 13.9. The van der Waals surface area contributed by atoms with Crippen LogP contribution in [0.25, 0.3) is 6.08 Å². The predicted molar refractivity (Wildman–Crippen MR) is 106 cm³/mol. The molecule has 0 aliphatic carbocycles. The van der Waals surface area contributed by atoms with Crippen LogP contribution in [0, 0.1) is 10.1 Å². The third-order valence-electron chi connectivity index (χ3n) is 4.38. The highest BCUT2D eigenvalue weighted by Gasteiger charge is 2.41. The van der Waals surface area contributed by atoms with E-state index in [4.69, 9.17) is 0 Å². The van der Waals surface area contributed by atoms with E-state index < -0.39 is 20.7 Å². The van der Waals surface area contributed by atoms with E-state index in [-0.39, 0.29) is 33.2 Å². The van der Waals surface area contributed by atoms with E-state index in [0.29, 0.717) is 0 Å². The summed E-state index contributed by atoms with van der Waals surface area (Å²) in [5, 5.41) is 11.3. The Morgan fingerprint density at radius 2 is 1.66 bits per heavy atom. The summed E-state index contributed by atoms with van der Waals surface area (Å²) in [4.78, 5) is 27.8. The number of nitro benzene ring substituents is 1. The van der Waals surface area contributed by atoms with Crippen LogP contribution in [-0.4, -0.2) is 24.1 Å². The minimum absolute atomic E-state index is 0.0280. The van der Waals surface area contributed by atoms with Crippen molar-refractivity contribution in [2.75, 3.05) is 4.31 Å². The number of pyridine rings is 1. The molecule has 0 spiro atoms. The first kappa shape index (κ1) is 18.5. The molecule has 144 valence electrons. The van der Waals surface area contributed by atoms with Crippen molar-refractivity contribution >= 4 is 33.4 Å². The number of Topliss-reactive ketones (excluding diaryl/α,β-unsaturated/α-hetero) is 1. The van der Waals surface area contributed by atoms with Crippen molar-refractivity contribution in [1.82, 2.24) is 4.98 Å². The molecule has 1 aliphatic heterocycles. The summed E-state index contributed by atoms with van der Waals surface area (Å²) in [6.45, 7) is 0. The van der Waals surface area contributed by atoms with E-state index >= 15 is 0 Å². The van der Waals surface area contributed by atoms with Gasteiger partial charge in [-0.15, -0.1) is 0 Å². The number of rotatable bonds is 4. The Labute approximate surface area is 165 Å². The molecule has 1 aliphatic rings. The van der Waals surface area contributed by atoms with E-state index in [2.05, 4.69) is 4.98 Å². The molecule has 0 unspecified atom stereocenters. The number of nitro groups is 1. The normalized spacial score (nSPS) is 14.8. The van der Waals surface area contributed by atoms with Gasteiger partial charge in [-0.1, -0.05) is 30.3 Å². The van der Waals surface area contributed by atoms with Crippen LogP contribution in [0.3, 0.4) is 0 Å². The van der Waals surface area contributed by atoms with Crippen molar-refractivity contribution in [2.24, 2.45) is 0 Å². The number of hydrogen-bond acceptors (Lipinski definition) is 6. The Bertz CT molecular complexity index is 1270. The topological polar surface area (TPSA) is 110 Å². The van der Waals surface area contributed by atoms with Crippen LogP contribution in [0.2, 0.25) is 0 Å². The van der Waals surface area contributed by atoms with Crippen molar-refractivity contribution in [3.63, 3.8) is 0 Å². The lowest BCUT2D eigenvalue weighted by Crippen LogP contribution is -2.29. The molecule has 9 heteroatoms. The first-order valence-electron chi connectivity index (χ1n) is 8.46. The smallest absolute Gasteiger partial charge is 0.276 e. The number of anilines is 1. The molecule has 0 radical (unpaired) electrons. The van der Waals surface area contributed by atoms with Gasteiger partial charge >= 0.3 is 0 Å². The first-order valence-corrected chi connectivity index (χ1v) is 9.90. The second-order valence-corrected chi connectivity index (χ2v) is 7.92. The standard InChI is InChI=1S/C20H13N3O5S/c24-19-16-10-6-12-21-20(16)22(29(27,28)15-8-2-1-3-9-15)18(19)13-14-7-4-5-11-17(14)23(25)26/h1-13H/b18-13+. The van der Waals surface area contributed by atoms with Crippen molar-refractivity contribution in [2.45, 2.75) is 4.90 Å². The highest BCUT2D eigenvalue weighted by atomic mass is 32.2. The minimum Gasteiger partial charge on any atom is -0.287 e. The van der Waals surface area contributed by atoms with Crippen LogP contribution in [0.1, 0.15) is 15.9 Å². The number of benzene rings is 2. The van der Waals surface area contributed by atoms with Gasteiger partial charge in [-0.05, 0) is 36.4 Å². The van der Waals surface area contributed by atoms with Gasteiger partial charge < -0.3 is 0 Å². The van der Waals surface area contributed by atoms with Gasteiger partial charge in [0.25, 0.3) is 15.7 Å². The average molecular weight is 407 g/mol. The van der Waals surface area contributed by atoms with Gasteiger partial charge in [-0.25, -0.2) is 17.7 Å². The largest absolute Gasteiger partial charge is 0.287 e. The van der Waals surface area contributed by atoms with E-state index in [1.807, 2.05) is 0 Å². The number of para-hydroxylation sites is 1. The predicted octanol–water partition coefficient (Wildman–Crippen LogP) is 3.42. The Hall–Kier alpha value is -3.85. The van der Waals surface area contributed by atoms with Crippen molar-refractivity contribution < 1.29 is 18.1 Å². The van der Waals surface area contributed by atoms with Crippen LogP contribution in [-0.2, 0) is 10.0 Å². The van der Waals surface area contributed by atoms with Gasteiger partial charge in [0.05, 0.1) is 20.9 Å². The molecule has 0 amide bonds. The quantitative estimate of drug-likeness (QED) is 0.372. The Balaban J connectivity index is 1.96. The monoisotopic (exact) mass is 407 g/mol. The summed E-state index contributed by atoms with van der Waals surface area (Å²) in [6, 6.07) is 16.4. The Kier molecular flexibility index (Phi) is 4.44. The Morgan fingerprint density at radius 1 is 0.966 bits per heavy atom. The molecule has 8 nitrogen and oxygen atoms in total. The van der Waals surface area contributed by atoms with Crippen molar-refractivity contribution in [3.8, 4) is 0 Å². The number of aromatic nitrogens is 1. The number of carbonyl (C=O) groups is 1. The molecule has 4 rings (SSSR count). The number of allylic oxidation sites excluding steroid dienone is 1. The molecule has 0 bridgehead atoms. The molecule has 0 saturated heterocycles. The van der Waals surface area contributed by atoms with E-state index in [9.17, 15) is 23.3 Å². The third-order valence-corrected chi connectivity index (χ3v) is 6.10. The van der Waals surface area contributed by atoms with Crippen LogP contribution in [0.15, 0.2) is 83.5 Å². The highest BCUT2D eigenvalue weighted by Crippen LogP contribution is 2.38. The summed E-state index contributed by atoms with van der Waals surface area (Å²) >= 11 is 0. The van der Waals surface area contributed by atoms with Crippen LogP contribution >= 0.6 is 0 Å². The minimum atomic E-state index is -4.18. The van der Waals surface area contributed by atoms with Gasteiger partial charge in [0.15, 0.2) is 5.82 Å². The molecule has 0 saturated carbocycles. The molecule has 2 aromatic carbocycles. The SMILES string of the molecule is O=C1/C(=C\c2ccccc2[N+](=O)[O-])N(S(=O)(=O)c2ccccc2)c2ncccc21. The van der Waals surface area contributed by atoms with Gasteiger partial charge in [0, 0.05) is 12.3 Å².